The van der Waals surface area contributed by atoms with E-state index in [1.165, 1.54) is 0 Å². The zero-order chi connectivity index (χ0) is 9.99. The SMILES string of the molecule is CCN(OS(=O)(=O)[O-])S(=O)(=O)[O-].[Na+].[Na+]. The molecule has 74 valence electrons. The van der Waals surface area contributed by atoms with Crippen molar-refractivity contribution in [3.8, 4) is 0 Å². The molecule has 0 aromatic heterocycles. The van der Waals surface area contributed by atoms with Gasteiger partial charge in [-0.25, -0.2) is 16.8 Å². The fourth-order valence-corrected chi connectivity index (χ4v) is 1.50. The number of hydrogen-bond donors (Lipinski definition) is 0. The molecule has 0 N–H and O–H groups in total. The summed E-state index contributed by atoms with van der Waals surface area (Å²) in [5.74, 6) is 0. The molecule has 0 saturated heterocycles. The van der Waals surface area contributed by atoms with Gasteiger partial charge >= 0.3 is 59.1 Å². The van der Waals surface area contributed by atoms with E-state index in [0.717, 1.165) is 6.92 Å². The first-order valence-electron chi connectivity index (χ1n) is 2.56. The molecular weight excluding hydrogens is 260 g/mol. The smallest absolute Gasteiger partial charge is 0.734 e. The van der Waals surface area contributed by atoms with Gasteiger partial charge in [-0.3, -0.25) is 0 Å². The summed E-state index contributed by atoms with van der Waals surface area (Å²) >= 11 is 0. The van der Waals surface area contributed by atoms with Crippen LogP contribution in [0.25, 0.3) is 0 Å². The molecule has 0 aromatic rings. The van der Waals surface area contributed by atoms with Crippen molar-refractivity contribution < 1.29 is 89.3 Å². The molecule has 0 unspecified atom stereocenters. The molecule has 0 atom stereocenters. The Morgan fingerprint density at radius 1 is 1.14 bits per heavy atom. The van der Waals surface area contributed by atoms with Gasteiger partial charge in [-0.05, 0) is 6.92 Å². The molecule has 0 aliphatic heterocycles. The van der Waals surface area contributed by atoms with E-state index in [0.29, 0.717) is 0 Å². The number of hydroxylamine groups is 1. The standard InChI is InChI=1S/C2H7NO7S2.2Na/c1-2-3(11(4,5)6)10-12(7,8)9;;/h2H2,1H3,(H,4,5,6)(H,7,8,9);;/q;2*+1/p-2. The second-order valence-electron chi connectivity index (χ2n) is 1.56. The fraction of sp³-hybridized carbons (Fsp3) is 1.00. The van der Waals surface area contributed by atoms with E-state index < -0.39 is 31.7 Å². The van der Waals surface area contributed by atoms with Crippen LogP contribution in [0.2, 0.25) is 0 Å². The van der Waals surface area contributed by atoms with Gasteiger partial charge in [0.15, 0.2) is 10.3 Å². The molecule has 0 heterocycles. The van der Waals surface area contributed by atoms with Crippen molar-refractivity contribution in [3.05, 3.63) is 0 Å². The maximum atomic E-state index is 10.1. The normalized spacial score (nSPS) is 11.7. The van der Waals surface area contributed by atoms with Crippen molar-refractivity contribution >= 4 is 20.7 Å². The van der Waals surface area contributed by atoms with Gasteiger partial charge in [0.1, 0.15) is 0 Å². The molecule has 0 amide bonds. The maximum absolute atomic E-state index is 10.1. The number of hydrogen-bond acceptors (Lipinski definition) is 7. The van der Waals surface area contributed by atoms with Crippen LogP contribution in [0.4, 0.5) is 0 Å². The zero-order valence-electron chi connectivity index (χ0n) is 7.83. The van der Waals surface area contributed by atoms with Crippen LogP contribution in [0.1, 0.15) is 6.92 Å². The van der Waals surface area contributed by atoms with Crippen LogP contribution in [0.5, 0.6) is 0 Å². The van der Waals surface area contributed by atoms with E-state index in [1.807, 2.05) is 0 Å². The second kappa shape index (κ2) is 7.92. The van der Waals surface area contributed by atoms with Crippen molar-refractivity contribution in [1.82, 2.24) is 4.47 Å². The van der Waals surface area contributed by atoms with Gasteiger partial charge in [-0.15, -0.1) is 0 Å². The summed E-state index contributed by atoms with van der Waals surface area (Å²) in [5, 5.41) is 0. The molecule has 12 heteroatoms. The van der Waals surface area contributed by atoms with Crippen molar-refractivity contribution in [3.63, 3.8) is 0 Å². The first-order chi connectivity index (χ1) is 5.17. The summed E-state index contributed by atoms with van der Waals surface area (Å²) in [6.45, 7) is 0.563. The van der Waals surface area contributed by atoms with Crippen molar-refractivity contribution in [2.75, 3.05) is 6.54 Å². The van der Waals surface area contributed by atoms with E-state index in [2.05, 4.69) is 4.28 Å². The van der Waals surface area contributed by atoms with Crippen LogP contribution in [0.3, 0.4) is 0 Å². The second-order valence-corrected chi connectivity index (χ2v) is 3.79. The molecule has 0 fully saturated rings. The summed E-state index contributed by atoms with van der Waals surface area (Å²) < 4.78 is 62.6. The molecule has 0 bridgehead atoms. The van der Waals surface area contributed by atoms with Crippen molar-refractivity contribution in [2.24, 2.45) is 0 Å². The third kappa shape index (κ3) is 10.3. The molecule has 14 heavy (non-hydrogen) atoms. The van der Waals surface area contributed by atoms with E-state index in [1.54, 1.807) is 0 Å². The molecular formula is C2H5NNa2O7S2. The van der Waals surface area contributed by atoms with E-state index in [9.17, 15) is 25.9 Å². The Hall–Kier alpha value is 1.74. The fourth-order valence-electron chi connectivity index (χ4n) is 0.350. The minimum atomic E-state index is -5.22. The minimum absolute atomic E-state index is 0. The summed E-state index contributed by atoms with van der Waals surface area (Å²) in [7, 11) is -10.3. The van der Waals surface area contributed by atoms with E-state index >= 15 is 0 Å². The Bertz CT molecular complexity index is 335. The zero-order valence-corrected chi connectivity index (χ0v) is 13.5. The molecule has 0 radical (unpaired) electrons. The van der Waals surface area contributed by atoms with Gasteiger partial charge in [-0.1, -0.05) is 4.47 Å². The number of nitrogens with zero attached hydrogens (tertiary/aromatic N) is 1. The molecule has 0 spiro atoms. The van der Waals surface area contributed by atoms with Crippen LogP contribution in [-0.2, 0) is 25.0 Å². The molecule has 0 aromatic carbocycles. The Kier molecular flexibility index (Phi) is 11.9. The Morgan fingerprint density at radius 2 is 1.50 bits per heavy atom. The monoisotopic (exact) mass is 265 g/mol. The maximum Gasteiger partial charge on any atom is 1.00 e. The van der Waals surface area contributed by atoms with Gasteiger partial charge in [0.2, 0.25) is 10.4 Å². The first-order valence-corrected chi connectivity index (χ1v) is 5.25. The Labute approximate surface area is 126 Å². The van der Waals surface area contributed by atoms with Gasteiger partial charge < -0.3 is 9.11 Å². The third-order valence-electron chi connectivity index (χ3n) is 0.682. The minimum Gasteiger partial charge on any atom is -0.734 e. The van der Waals surface area contributed by atoms with Gasteiger partial charge in [0.05, 0.1) is 0 Å². The average Bonchev–Trinajstić information content (AvgIpc) is 1.78. The van der Waals surface area contributed by atoms with Crippen LogP contribution in [-0.4, -0.2) is 37.0 Å². The van der Waals surface area contributed by atoms with Gasteiger partial charge in [-0.2, -0.15) is 4.28 Å². The first kappa shape index (κ1) is 21.1. The predicted octanol–water partition coefficient (Wildman–Crippen LogP) is -7.83. The van der Waals surface area contributed by atoms with E-state index in [-0.39, 0.29) is 59.1 Å². The largest absolute Gasteiger partial charge is 1.00 e. The summed E-state index contributed by atoms with van der Waals surface area (Å²) in [5.41, 5.74) is 0. The van der Waals surface area contributed by atoms with Gasteiger partial charge in [0.25, 0.3) is 0 Å². The summed E-state index contributed by atoms with van der Waals surface area (Å²) in [6, 6.07) is 0. The summed E-state index contributed by atoms with van der Waals surface area (Å²) in [6.07, 6.45) is 0. The molecule has 0 aliphatic carbocycles. The number of rotatable bonds is 4. The van der Waals surface area contributed by atoms with Crippen LogP contribution < -0.4 is 59.1 Å². The van der Waals surface area contributed by atoms with E-state index in [4.69, 9.17) is 0 Å². The molecule has 0 rings (SSSR count). The Balaban J connectivity index is -0.000000605. The van der Waals surface area contributed by atoms with Crippen LogP contribution in [0, 0.1) is 0 Å². The van der Waals surface area contributed by atoms with Crippen molar-refractivity contribution in [2.45, 2.75) is 6.92 Å². The van der Waals surface area contributed by atoms with Crippen molar-refractivity contribution in [1.29, 1.82) is 0 Å². The topological polar surface area (TPSA) is 127 Å². The van der Waals surface area contributed by atoms with Crippen LogP contribution >= 0.6 is 0 Å². The third-order valence-corrected chi connectivity index (χ3v) is 1.97. The predicted molar refractivity (Wildman–Crippen MR) is 32.9 cm³/mol. The Morgan fingerprint density at radius 3 is 1.57 bits per heavy atom. The summed E-state index contributed by atoms with van der Waals surface area (Å²) in [4.78, 5) is 0. The average molecular weight is 265 g/mol. The molecule has 8 nitrogen and oxygen atoms in total. The molecule has 0 saturated carbocycles. The van der Waals surface area contributed by atoms with Gasteiger partial charge in [0, 0.05) is 6.54 Å². The molecule has 0 aliphatic rings. The quantitative estimate of drug-likeness (QED) is 0.214. The van der Waals surface area contributed by atoms with Crippen LogP contribution in [0.15, 0.2) is 0 Å².